The maximum atomic E-state index is 13.4. The minimum Gasteiger partial charge on any atom is -0.497 e. The molecular formula is C26H33N3O6S. The van der Waals surface area contributed by atoms with E-state index in [2.05, 4.69) is 5.32 Å². The summed E-state index contributed by atoms with van der Waals surface area (Å²) in [5, 5.41) is 2.89. The van der Waals surface area contributed by atoms with Crippen molar-refractivity contribution in [1.29, 1.82) is 0 Å². The zero-order chi connectivity index (χ0) is 26.5. The van der Waals surface area contributed by atoms with Gasteiger partial charge < -0.3 is 15.0 Å². The van der Waals surface area contributed by atoms with Gasteiger partial charge in [-0.15, -0.1) is 0 Å². The SMILES string of the molecule is CC[C@@H](C(=O)NCC(C)C)N(Cc1ccc(OC)cc1)C(=O)CCN1C(=O)c2ccccc2S1(=O)=O. The standard InChI is InChI=1S/C26H33N3O6S/c1-5-22(25(31)27-16-18(2)3)28(17-19-10-12-20(35-4)13-11-19)24(30)14-15-29-26(32)21-8-6-7-9-23(21)36(29,33)34/h6-13,18,22H,5,14-17H2,1-4H3,(H,27,31)/t22-/m0/s1. The minimum atomic E-state index is -4.02. The third-order valence-corrected chi connectivity index (χ3v) is 7.86. The predicted octanol–water partition coefficient (Wildman–Crippen LogP) is 2.81. The van der Waals surface area contributed by atoms with Crippen LogP contribution in [0.4, 0.5) is 0 Å². The number of ether oxygens (including phenoxy) is 1. The van der Waals surface area contributed by atoms with E-state index < -0.39 is 27.9 Å². The van der Waals surface area contributed by atoms with Crippen molar-refractivity contribution in [3.63, 3.8) is 0 Å². The van der Waals surface area contributed by atoms with Crippen LogP contribution >= 0.6 is 0 Å². The van der Waals surface area contributed by atoms with Crippen LogP contribution in [0.5, 0.6) is 5.75 Å². The summed E-state index contributed by atoms with van der Waals surface area (Å²) in [5.74, 6) is -0.440. The van der Waals surface area contributed by atoms with E-state index in [4.69, 9.17) is 4.74 Å². The average Bonchev–Trinajstić information content (AvgIpc) is 3.06. The van der Waals surface area contributed by atoms with Gasteiger partial charge in [0.05, 0.1) is 12.7 Å². The monoisotopic (exact) mass is 515 g/mol. The van der Waals surface area contributed by atoms with E-state index in [-0.39, 0.29) is 41.8 Å². The number of benzene rings is 2. The summed E-state index contributed by atoms with van der Waals surface area (Å²) in [6.07, 6.45) is 0.126. The molecule has 194 valence electrons. The smallest absolute Gasteiger partial charge is 0.269 e. The first-order valence-corrected chi connectivity index (χ1v) is 13.4. The van der Waals surface area contributed by atoms with E-state index in [1.165, 1.54) is 17.0 Å². The number of nitrogens with zero attached hydrogens (tertiary/aromatic N) is 2. The van der Waals surface area contributed by atoms with Crippen molar-refractivity contribution >= 4 is 27.7 Å². The summed E-state index contributed by atoms with van der Waals surface area (Å²) < 4.78 is 31.7. The van der Waals surface area contributed by atoms with Crippen molar-refractivity contribution in [3.8, 4) is 5.75 Å². The van der Waals surface area contributed by atoms with Gasteiger partial charge in [-0.05, 0) is 42.2 Å². The predicted molar refractivity (Wildman–Crippen MR) is 135 cm³/mol. The Hall–Kier alpha value is -3.40. The second kappa shape index (κ2) is 11.6. The van der Waals surface area contributed by atoms with Crippen LogP contribution in [0.15, 0.2) is 53.4 Å². The van der Waals surface area contributed by atoms with Crippen LogP contribution in [-0.2, 0) is 26.2 Å². The van der Waals surface area contributed by atoms with Gasteiger partial charge in [-0.25, -0.2) is 12.7 Å². The molecule has 0 saturated heterocycles. The van der Waals surface area contributed by atoms with Crippen LogP contribution in [-0.4, -0.2) is 61.6 Å². The molecule has 0 aromatic heterocycles. The lowest BCUT2D eigenvalue weighted by molar-refractivity contribution is -0.141. The molecule has 1 aliphatic rings. The zero-order valence-corrected chi connectivity index (χ0v) is 21.9. The number of hydrogen-bond donors (Lipinski definition) is 1. The summed E-state index contributed by atoms with van der Waals surface area (Å²) in [6, 6.07) is 12.4. The molecule has 9 nitrogen and oxygen atoms in total. The van der Waals surface area contributed by atoms with E-state index in [1.807, 2.05) is 32.9 Å². The molecule has 1 heterocycles. The lowest BCUT2D eigenvalue weighted by Gasteiger charge is -2.31. The summed E-state index contributed by atoms with van der Waals surface area (Å²) in [7, 11) is -2.47. The minimum absolute atomic E-state index is 0.0583. The van der Waals surface area contributed by atoms with Gasteiger partial charge in [-0.2, -0.15) is 0 Å². The normalized spacial score (nSPS) is 14.9. The number of carbonyl (C=O) groups excluding carboxylic acids is 3. The molecule has 36 heavy (non-hydrogen) atoms. The Kier molecular flexibility index (Phi) is 8.73. The highest BCUT2D eigenvalue weighted by Gasteiger charge is 2.41. The van der Waals surface area contributed by atoms with Gasteiger partial charge in [0.2, 0.25) is 11.8 Å². The summed E-state index contributed by atoms with van der Waals surface area (Å²) in [5.41, 5.74) is 0.885. The Labute approximate surface area is 212 Å². The molecule has 2 aromatic rings. The summed E-state index contributed by atoms with van der Waals surface area (Å²) in [6.45, 7) is 6.09. The Morgan fingerprint density at radius 3 is 2.33 bits per heavy atom. The maximum absolute atomic E-state index is 13.4. The van der Waals surface area contributed by atoms with E-state index in [9.17, 15) is 22.8 Å². The number of fused-ring (bicyclic) bond motifs is 1. The second-order valence-electron chi connectivity index (χ2n) is 9.06. The molecule has 0 unspecified atom stereocenters. The van der Waals surface area contributed by atoms with E-state index in [1.54, 1.807) is 31.4 Å². The van der Waals surface area contributed by atoms with Crippen molar-refractivity contribution < 1.29 is 27.5 Å². The molecule has 0 saturated carbocycles. The van der Waals surface area contributed by atoms with Gasteiger partial charge in [0.15, 0.2) is 0 Å². The quantitative estimate of drug-likeness (QED) is 0.492. The van der Waals surface area contributed by atoms with Gasteiger partial charge in [0.25, 0.3) is 15.9 Å². The number of rotatable bonds is 11. The molecule has 1 N–H and O–H groups in total. The van der Waals surface area contributed by atoms with Gasteiger partial charge in [-0.3, -0.25) is 14.4 Å². The van der Waals surface area contributed by atoms with Crippen LogP contribution < -0.4 is 10.1 Å². The number of nitrogens with one attached hydrogen (secondary N) is 1. The molecule has 0 spiro atoms. The first-order chi connectivity index (χ1) is 17.1. The van der Waals surface area contributed by atoms with Crippen LogP contribution in [0, 0.1) is 5.92 Å². The van der Waals surface area contributed by atoms with Crippen molar-refractivity contribution in [2.45, 2.75) is 51.1 Å². The van der Waals surface area contributed by atoms with Gasteiger partial charge >= 0.3 is 0 Å². The molecule has 0 aliphatic carbocycles. The Balaban J connectivity index is 1.81. The van der Waals surface area contributed by atoms with Gasteiger partial charge in [0.1, 0.15) is 16.7 Å². The maximum Gasteiger partial charge on any atom is 0.269 e. The molecule has 1 aliphatic heterocycles. The molecule has 3 amide bonds. The van der Waals surface area contributed by atoms with Crippen molar-refractivity contribution in [2.75, 3.05) is 20.2 Å². The molecule has 0 bridgehead atoms. The average molecular weight is 516 g/mol. The first-order valence-electron chi connectivity index (χ1n) is 12.0. The van der Waals surface area contributed by atoms with Crippen molar-refractivity contribution in [3.05, 3.63) is 59.7 Å². The lowest BCUT2D eigenvalue weighted by atomic mass is 10.1. The van der Waals surface area contributed by atoms with E-state index in [0.717, 1.165) is 9.87 Å². The number of amides is 3. The molecule has 0 fully saturated rings. The fourth-order valence-corrected chi connectivity index (χ4v) is 5.63. The Morgan fingerprint density at radius 1 is 1.08 bits per heavy atom. The van der Waals surface area contributed by atoms with Gasteiger partial charge in [-0.1, -0.05) is 45.0 Å². The van der Waals surface area contributed by atoms with Crippen LogP contribution in [0.1, 0.15) is 49.5 Å². The number of methoxy groups -OCH3 is 1. The fourth-order valence-electron chi connectivity index (χ4n) is 4.06. The summed E-state index contributed by atoms with van der Waals surface area (Å²) in [4.78, 5) is 40.6. The fraction of sp³-hybridized carbons (Fsp3) is 0.423. The van der Waals surface area contributed by atoms with Crippen LogP contribution in [0.3, 0.4) is 0 Å². The molecular weight excluding hydrogens is 482 g/mol. The number of sulfonamides is 1. The summed E-state index contributed by atoms with van der Waals surface area (Å²) >= 11 is 0. The third-order valence-electron chi connectivity index (χ3n) is 6.02. The zero-order valence-electron chi connectivity index (χ0n) is 21.1. The molecule has 2 aromatic carbocycles. The van der Waals surface area contributed by atoms with Gasteiger partial charge in [0, 0.05) is 26.1 Å². The highest BCUT2D eigenvalue weighted by Crippen LogP contribution is 2.30. The number of hydrogen-bond acceptors (Lipinski definition) is 6. The van der Waals surface area contributed by atoms with Crippen molar-refractivity contribution in [1.82, 2.24) is 14.5 Å². The topological polar surface area (TPSA) is 113 Å². The van der Waals surface area contributed by atoms with E-state index >= 15 is 0 Å². The largest absolute Gasteiger partial charge is 0.497 e. The highest BCUT2D eigenvalue weighted by molar-refractivity contribution is 7.90. The molecule has 1 atom stereocenters. The van der Waals surface area contributed by atoms with Crippen LogP contribution in [0.25, 0.3) is 0 Å². The highest BCUT2D eigenvalue weighted by atomic mass is 32.2. The van der Waals surface area contributed by atoms with Crippen LogP contribution in [0.2, 0.25) is 0 Å². The van der Waals surface area contributed by atoms with Crippen molar-refractivity contribution in [2.24, 2.45) is 5.92 Å². The molecule has 0 radical (unpaired) electrons. The Bertz CT molecular complexity index is 1210. The lowest BCUT2D eigenvalue weighted by Crippen LogP contribution is -2.50. The number of carbonyl (C=O) groups is 3. The molecule has 3 rings (SSSR count). The van der Waals surface area contributed by atoms with E-state index in [0.29, 0.717) is 18.7 Å². The molecule has 10 heteroatoms. The Morgan fingerprint density at radius 2 is 1.75 bits per heavy atom. The second-order valence-corrected chi connectivity index (χ2v) is 10.9. The first kappa shape index (κ1) is 27.2. The third kappa shape index (κ3) is 5.87.